The minimum Gasteiger partial charge on any atom is -0.481 e. The molecule has 0 amide bonds. The molecule has 1 fully saturated rings. The van der Waals surface area contributed by atoms with Crippen molar-refractivity contribution in [2.75, 3.05) is 0 Å². The highest BCUT2D eigenvalue weighted by molar-refractivity contribution is 6.25. The van der Waals surface area contributed by atoms with Crippen molar-refractivity contribution in [3.8, 4) is 0 Å². The molecule has 12 heavy (non-hydrogen) atoms. The van der Waals surface area contributed by atoms with Crippen molar-refractivity contribution in [2.24, 2.45) is 5.41 Å². The van der Waals surface area contributed by atoms with Crippen LogP contribution >= 0.6 is 11.6 Å². The fourth-order valence-corrected chi connectivity index (χ4v) is 1.92. The highest BCUT2D eigenvalue weighted by Crippen LogP contribution is 2.41. The van der Waals surface area contributed by atoms with E-state index in [1.807, 2.05) is 0 Å². The molecule has 0 aromatic heterocycles. The number of halogens is 1. The molecule has 0 aromatic rings. The molecular formula is C9H13ClO2. The van der Waals surface area contributed by atoms with Crippen molar-refractivity contribution in [1.29, 1.82) is 0 Å². The Morgan fingerprint density at radius 1 is 1.50 bits per heavy atom. The van der Waals surface area contributed by atoms with Gasteiger partial charge < -0.3 is 5.11 Å². The Bertz CT molecular complexity index is 193. The van der Waals surface area contributed by atoms with E-state index in [0.717, 1.165) is 25.7 Å². The van der Waals surface area contributed by atoms with E-state index in [0.29, 0.717) is 6.42 Å². The van der Waals surface area contributed by atoms with Crippen molar-refractivity contribution in [2.45, 2.75) is 32.1 Å². The lowest BCUT2D eigenvalue weighted by molar-refractivity contribution is -0.148. The average molecular weight is 189 g/mol. The molecule has 0 heterocycles. The lowest BCUT2D eigenvalue weighted by Crippen LogP contribution is -2.26. The number of carbonyl (C=O) groups is 1. The Labute approximate surface area is 77.2 Å². The van der Waals surface area contributed by atoms with Gasteiger partial charge in [-0.05, 0) is 19.3 Å². The predicted octanol–water partition coefficient (Wildman–Crippen LogP) is 2.77. The second-order valence-corrected chi connectivity index (χ2v) is 3.61. The molecule has 1 saturated carbocycles. The van der Waals surface area contributed by atoms with Gasteiger partial charge >= 0.3 is 5.97 Å². The summed E-state index contributed by atoms with van der Waals surface area (Å²) in [5.41, 5.74) is 0.897. The minimum absolute atomic E-state index is 0.509. The summed E-state index contributed by atoms with van der Waals surface area (Å²) in [5.74, 6) is -0.672. The maximum absolute atomic E-state index is 11.0. The van der Waals surface area contributed by atoms with Gasteiger partial charge in [0.1, 0.15) is 0 Å². The zero-order valence-corrected chi connectivity index (χ0v) is 7.68. The summed E-state index contributed by atoms with van der Waals surface area (Å²) in [6.07, 6.45) is 5.96. The van der Waals surface area contributed by atoms with E-state index in [1.54, 1.807) is 6.08 Å². The van der Waals surface area contributed by atoms with Gasteiger partial charge in [-0.15, -0.1) is 0 Å². The van der Waals surface area contributed by atoms with Gasteiger partial charge in [0.15, 0.2) is 0 Å². The third-order valence-electron chi connectivity index (χ3n) is 2.61. The number of carboxylic acid groups (broad SMARTS) is 1. The number of rotatable bonds is 3. The molecule has 1 aliphatic rings. The number of carboxylic acids is 1. The quantitative estimate of drug-likeness (QED) is 0.740. The van der Waals surface area contributed by atoms with Crippen molar-refractivity contribution in [3.63, 3.8) is 0 Å². The lowest BCUT2D eigenvalue weighted by Gasteiger charge is -2.21. The largest absolute Gasteiger partial charge is 0.481 e. The first kappa shape index (κ1) is 9.59. The van der Waals surface area contributed by atoms with Crippen LogP contribution in [0.4, 0.5) is 0 Å². The van der Waals surface area contributed by atoms with Gasteiger partial charge in [0, 0.05) is 5.54 Å². The first-order valence-corrected chi connectivity index (χ1v) is 4.63. The van der Waals surface area contributed by atoms with E-state index in [2.05, 4.69) is 0 Å². The van der Waals surface area contributed by atoms with Crippen molar-refractivity contribution in [3.05, 3.63) is 11.6 Å². The smallest absolute Gasteiger partial charge is 0.309 e. The van der Waals surface area contributed by atoms with Crippen LogP contribution in [0.15, 0.2) is 11.6 Å². The van der Waals surface area contributed by atoms with Crippen LogP contribution in [0.1, 0.15) is 32.1 Å². The van der Waals surface area contributed by atoms with Gasteiger partial charge in [0.2, 0.25) is 0 Å². The normalized spacial score (nSPS) is 21.8. The fourth-order valence-electron chi connectivity index (χ4n) is 1.83. The first-order valence-electron chi connectivity index (χ1n) is 4.20. The van der Waals surface area contributed by atoms with Gasteiger partial charge in [0.05, 0.1) is 5.41 Å². The van der Waals surface area contributed by atoms with Gasteiger partial charge in [0.25, 0.3) is 0 Å². The van der Waals surface area contributed by atoms with Crippen LogP contribution in [0.25, 0.3) is 0 Å². The molecular weight excluding hydrogens is 176 g/mol. The zero-order valence-electron chi connectivity index (χ0n) is 6.92. The molecule has 3 heteroatoms. The van der Waals surface area contributed by atoms with Crippen molar-refractivity contribution < 1.29 is 9.90 Å². The molecule has 1 N–H and O–H groups in total. The molecule has 0 aliphatic heterocycles. The summed E-state index contributed by atoms with van der Waals surface area (Å²) < 4.78 is 0. The van der Waals surface area contributed by atoms with Crippen LogP contribution in [0.5, 0.6) is 0 Å². The standard InChI is InChI=1S/C9H13ClO2/c10-7-3-6-9(8(11)12)4-1-2-5-9/h3,7H,1-2,4-6H2,(H,11,12)/b7-3+. The molecule has 0 bridgehead atoms. The fraction of sp³-hybridized carbons (Fsp3) is 0.667. The highest BCUT2D eigenvalue weighted by atomic mass is 35.5. The van der Waals surface area contributed by atoms with Gasteiger partial charge in [-0.2, -0.15) is 0 Å². The second kappa shape index (κ2) is 3.94. The maximum Gasteiger partial charge on any atom is 0.309 e. The number of aliphatic carboxylic acids is 1. The van der Waals surface area contributed by atoms with Crippen molar-refractivity contribution >= 4 is 17.6 Å². The Balaban J connectivity index is 2.65. The van der Waals surface area contributed by atoms with E-state index in [9.17, 15) is 4.79 Å². The Hall–Kier alpha value is -0.500. The monoisotopic (exact) mass is 188 g/mol. The van der Waals surface area contributed by atoms with Crippen molar-refractivity contribution in [1.82, 2.24) is 0 Å². The minimum atomic E-state index is -0.672. The molecule has 68 valence electrons. The summed E-state index contributed by atoms with van der Waals surface area (Å²) in [6, 6.07) is 0. The molecule has 2 nitrogen and oxygen atoms in total. The van der Waals surface area contributed by atoms with Crippen LogP contribution in [0.3, 0.4) is 0 Å². The molecule has 0 atom stereocenters. The summed E-state index contributed by atoms with van der Waals surface area (Å²) in [7, 11) is 0. The van der Waals surface area contributed by atoms with Gasteiger partial charge in [-0.25, -0.2) is 0 Å². The molecule has 1 rings (SSSR count). The Kier molecular flexibility index (Phi) is 3.15. The van der Waals surface area contributed by atoms with Crippen LogP contribution in [-0.2, 0) is 4.79 Å². The first-order chi connectivity index (χ1) is 5.71. The number of allylic oxidation sites excluding steroid dienone is 1. The molecule has 0 saturated heterocycles. The van der Waals surface area contributed by atoms with Gasteiger partial charge in [-0.3, -0.25) is 4.79 Å². The number of hydrogen-bond acceptors (Lipinski definition) is 1. The topological polar surface area (TPSA) is 37.3 Å². The predicted molar refractivity (Wildman–Crippen MR) is 48.1 cm³/mol. The van der Waals surface area contributed by atoms with E-state index in [1.165, 1.54) is 5.54 Å². The lowest BCUT2D eigenvalue weighted by atomic mass is 9.83. The molecule has 1 aliphatic carbocycles. The second-order valence-electron chi connectivity index (χ2n) is 3.36. The zero-order chi connectivity index (χ0) is 9.03. The third-order valence-corrected chi connectivity index (χ3v) is 2.79. The molecule has 0 radical (unpaired) electrons. The molecule has 0 unspecified atom stereocenters. The van der Waals surface area contributed by atoms with Crippen LogP contribution in [0.2, 0.25) is 0 Å². The van der Waals surface area contributed by atoms with Crippen LogP contribution in [-0.4, -0.2) is 11.1 Å². The van der Waals surface area contributed by atoms with Crippen LogP contribution in [0, 0.1) is 5.41 Å². The molecule has 0 spiro atoms. The summed E-state index contributed by atoms with van der Waals surface area (Å²) in [4.78, 5) is 11.0. The Morgan fingerprint density at radius 3 is 2.50 bits per heavy atom. The third kappa shape index (κ3) is 1.81. The van der Waals surface area contributed by atoms with Crippen LogP contribution < -0.4 is 0 Å². The van der Waals surface area contributed by atoms with E-state index < -0.39 is 11.4 Å². The van der Waals surface area contributed by atoms with E-state index >= 15 is 0 Å². The van der Waals surface area contributed by atoms with E-state index in [4.69, 9.17) is 16.7 Å². The van der Waals surface area contributed by atoms with Gasteiger partial charge in [-0.1, -0.05) is 30.5 Å². The maximum atomic E-state index is 11.0. The summed E-state index contributed by atoms with van der Waals surface area (Å²) >= 11 is 5.37. The van der Waals surface area contributed by atoms with E-state index in [-0.39, 0.29) is 0 Å². The molecule has 0 aromatic carbocycles. The SMILES string of the molecule is O=C(O)C1(C/C=C/Cl)CCCC1. The Morgan fingerprint density at radius 2 is 2.08 bits per heavy atom. The summed E-state index contributed by atoms with van der Waals surface area (Å²) in [6.45, 7) is 0. The highest BCUT2D eigenvalue weighted by Gasteiger charge is 2.39. The number of hydrogen-bond donors (Lipinski definition) is 1. The average Bonchev–Trinajstić information content (AvgIpc) is 2.50. The summed E-state index contributed by atoms with van der Waals surface area (Å²) in [5, 5.41) is 9.01.